The van der Waals surface area contributed by atoms with Gasteiger partial charge in [0.05, 0.1) is 6.20 Å². The summed E-state index contributed by atoms with van der Waals surface area (Å²) in [6, 6.07) is 8.92. The third kappa shape index (κ3) is 1.23. The van der Waals surface area contributed by atoms with Crippen LogP contribution in [0.15, 0.2) is 35.1 Å². The van der Waals surface area contributed by atoms with E-state index in [1.54, 1.807) is 12.5 Å². The topological polar surface area (TPSA) is 26.0 Å². The zero-order valence-corrected chi connectivity index (χ0v) is 6.74. The van der Waals surface area contributed by atoms with Crippen molar-refractivity contribution in [2.24, 2.45) is 0 Å². The molecule has 0 N–H and O–H groups in total. The Morgan fingerprint density at radius 3 is 2.92 bits per heavy atom. The Labute approximate surface area is 70.9 Å². The van der Waals surface area contributed by atoms with E-state index < -0.39 is 0 Å². The summed E-state index contributed by atoms with van der Waals surface area (Å²) >= 11 is 0. The molecule has 0 aliphatic rings. The molecule has 0 fully saturated rings. The minimum Gasteiger partial charge on any atom is -0.445 e. The number of aromatic nitrogens is 1. The number of hydrogen-bond donors (Lipinski definition) is 0. The van der Waals surface area contributed by atoms with Gasteiger partial charge in [0.15, 0.2) is 0 Å². The van der Waals surface area contributed by atoms with Crippen LogP contribution in [0.25, 0.3) is 11.5 Å². The maximum Gasteiger partial charge on any atom is 0.225 e. The van der Waals surface area contributed by atoms with Crippen molar-refractivity contribution in [3.05, 3.63) is 42.3 Å². The van der Waals surface area contributed by atoms with Gasteiger partial charge in [-0.25, -0.2) is 4.98 Å². The molecule has 59 valence electrons. The number of rotatable bonds is 1. The Bertz CT molecular complexity index is 348. The van der Waals surface area contributed by atoms with Gasteiger partial charge in [0, 0.05) is 5.56 Å². The molecule has 2 aromatic rings. The second-order valence-electron chi connectivity index (χ2n) is 2.60. The predicted octanol–water partition coefficient (Wildman–Crippen LogP) is 2.45. The van der Waals surface area contributed by atoms with Gasteiger partial charge in [-0.05, 0) is 30.7 Å². The van der Waals surface area contributed by atoms with Crippen molar-refractivity contribution in [3.63, 3.8) is 0 Å². The number of aryl methyl sites for hydroxylation is 1. The molecule has 12 heavy (non-hydrogen) atoms. The van der Waals surface area contributed by atoms with E-state index in [-0.39, 0.29) is 0 Å². The Hall–Kier alpha value is -1.57. The van der Waals surface area contributed by atoms with Crippen LogP contribution in [0.5, 0.6) is 0 Å². The van der Waals surface area contributed by atoms with Crippen molar-refractivity contribution >= 4 is 0 Å². The first-order valence-corrected chi connectivity index (χ1v) is 3.74. The summed E-state index contributed by atoms with van der Waals surface area (Å²) in [6.45, 7) is 2.00. The highest BCUT2D eigenvalue weighted by atomic mass is 16.3. The SMILES string of the molecule is Cc1[c]cc(-c2ncco2)cc1. The van der Waals surface area contributed by atoms with Crippen LogP contribution in [0.3, 0.4) is 0 Å². The molecule has 1 aromatic carbocycles. The van der Waals surface area contributed by atoms with Gasteiger partial charge in [0.2, 0.25) is 5.89 Å². The number of benzene rings is 1. The van der Waals surface area contributed by atoms with Crippen LogP contribution < -0.4 is 0 Å². The van der Waals surface area contributed by atoms with Crippen molar-refractivity contribution in [1.29, 1.82) is 0 Å². The zero-order valence-electron chi connectivity index (χ0n) is 6.74. The maximum atomic E-state index is 5.13. The largest absolute Gasteiger partial charge is 0.445 e. The molecule has 0 atom stereocenters. The minimum atomic E-state index is 0.645. The third-order valence-corrected chi connectivity index (χ3v) is 1.65. The lowest BCUT2D eigenvalue weighted by atomic mass is 10.1. The summed E-state index contributed by atoms with van der Waals surface area (Å²) in [4.78, 5) is 4.03. The Balaban J connectivity index is 2.43. The van der Waals surface area contributed by atoms with Crippen LogP contribution in [0, 0.1) is 13.0 Å². The monoisotopic (exact) mass is 158 g/mol. The third-order valence-electron chi connectivity index (χ3n) is 1.65. The molecule has 0 aliphatic carbocycles. The lowest BCUT2D eigenvalue weighted by Crippen LogP contribution is -1.77. The van der Waals surface area contributed by atoms with E-state index >= 15 is 0 Å². The number of hydrogen-bond acceptors (Lipinski definition) is 2. The molecule has 0 amide bonds. The van der Waals surface area contributed by atoms with Crippen molar-refractivity contribution in [2.45, 2.75) is 6.92 Å². The highest BCUT2D eigenvalue weighted by molar-refractivity contribution is 5.52. The average Bonchev–Trinajstić information content (AvgIpc) is 2.58. The van der Waals surface area contributed by atoms with Gasteiger partial charge in [-0.1, -0.05) is 6.07 Å². The summed E-state index contributed by atoms with van der Waals surface area (Å²) in [7, 11) is 0. The van der Waals surface area contributed by atoms with Gasteiger partial charge in [-0.3, -0.25) is 0 Å². The highest BCUT2D eigenvalue weighted by Gasteiger charge is 1.99. The fourth-order valence-corrected chi connectivity index (χ4v) is 1.00. The Kier molecular flexibility index (Phi) is 1.67. The molecule has 1 heterocycles. The number of nitrogens with zero attached hydrogens (tertiary/aromatic N) is 1. The molecule has 1 radical (unpaired) electrons. The second-order valence-corrected chi connectivity index (χ2v) is 2.60. The normalized spacial score (nSPS) is 10.1. The Morgan fingerprint density at radius 1 is 1.42 bits per heavy atom. The van der Waals surface area contributed by atoms with Crippen LogP contribution in [-0.2, 0) is 0 Å². The second kappa shape index (κ2) is 2.81. The van der Waals surface area contributed by atoms with Crippen LogP contribution in [0.4, 0.5) is 0 Å². The first-order valence-electron chi connectivity index (χ1n) is 3.74. The molecule has 2 nitrogen and oxygen atoms in total. The smallest absolute Gasteiger partial charge is 0.225 e. The van der Waals surface area contributed by atoms with E-state index in [1.165, 1.54) is 0 Å². The number of oxazole rings is 1. The van der Waals surface area contributed by atoms with Crippen LogP contribution in [-0.4, -0.2) is 4.98 Å². The first kappa shape index (κ1) is 7.10. The Morgan fingerprint density at radius 2 is 2.33 bits per heavy atom. The van der Waals surface area contributed by atoms with E-state index in [2.05, 4.69) is 11.1 Å². The van der Waals surface area contributed by atoms with Crippen molar-refractivity contribution in [2.75, 3.05) is 0 Å². The van der Waals surface area contributed by atoms with Gasteiger partial charge >= 0.3 is 0 Å². The fraction of sp³-hybridized carbons (Fsp3) is 0.100. The van der Waals surface area contributed by atoms with Crippen LogP contribution in [0.2, 0.25) is 0 Å². The molecular formula is C10H8NO. The molecule has 0 saturated heterocycles. The van der Waals surface area contributed by atoms with Crippen molar-refractivity contribution in [1.82, 2.24) is 4.98 Å². The van der Waals surface area contributed by atoms with Crippen molar-refractivity contribution < 1.29 is 4.42 Å². The minimum absolute atomic E-state index is 0.645. The van der Waals surface area contributed by atoms with E-state index in [0.717, 1.165) is 11.1 Å². The molecule has 0 aliphatic heterocycles. The summed E-state index contributed by atoms with van der Waals surface area (Å²) in [5.41, 5.74) is 2.08. The molecule has 0 unspecified atom stereocenters. The molecule has 0 spiro atoms. The maximum absolute atomic E-state index is 5.13. The van der Waals surface area contributed by atoms with Gasteiger partial charge in [-0.2, -0.15) is 0 Å². The predicted molar refractivity (Wildman–Crippen MR) is 45.5 cm³/mol. The van der Waals surface area contributed by atoms with Gasteiger partial charge in [0.1, 0.15) is 6.26 Å². The summed E-state index contributed by atoms with van der Waals surface area (Å²) < 4.78 is 5.13. The lowest BCUT2D eigenvalue weighted by Gasteiger charge is -1.94. The van der Waals surface area contributed by atoms with Gasteiger partial charge in [0.25, 0.3) is 0 Å². The van der Waals surface area contributed by atoms with Crippen LogP contribution in [0.1, 0.15) is 5.56 Å². The van der Waals surface area contributed by atoms with E-state index in [0.29, 0.717) is 5.89 Å². The molecule has 2 rings (SSSR count). The van der Waals surface area contributed by atoms with E-state index in [9.17, 15) is 0 Å². The fourth-order valence-electron chi connectivity index (χ4n) is 1.00. The highest BCUT2D eigenvalue weighted by Crippen LogP contribution is 2.16. The summed E-state index contributed by atoms with van der Waals surface area (Å²) in [6.07, 6.45) is 3.20. The molecule has 2 heteroatoms. The lowest BCUT2D eigenvalue weighted by molar-refractivity contribution is 0.574. The van der Waals surface area contributed by atoms with Gasteiger partial charge in [-0.15, -0.1) is 0 Å². The average molecular weight is 158 g/mol. The molecule has 1 aromatic heterocycles. The molecule has 0 bridgehead atoms. The van der Waals surface area contributed by atoms with E-state index in [1.807, 2.05) is 25.1 Å². The quantitative estimate of drug-likeness (QED) is 0.637. The van der Waals surface area contributed by atoms with Gasteiger partial charge < -0.3 is 4.42 Å². The van der Waals surface area contributed by atoms with E-state index in [4.69, 9.17) is 4.42 Å². The first-order chi connectivity index (χ1) is 5.86. The van der Waals surface area contributed by atoms with Crippen LogP contribution >= 0.6 is 0 Å². The molecule has 0 saturated carbocycles. The standard InChI is InChI=1S/C10H8NO/c1-8-2-4-9(5-3-8)10-11-6-7-12-10/h2,4-7H,1H3. The zero-order chi connectivity index (χ0) is 8.39. The van der Waals surface area contributed by atoms with Crippen molar-refractivity contribution in [3.8, 4) is 11.5 Å². The summed E-state index contributed by atoms with van der Waals surface area (Å²) in [5.74, 6) is 0.645. The summed E-state index contributed by atoms with van der Waals surface area (Å²) in [5, 5.41) is 0. The molecular weight excluding hydrogens is 150 g/mol.